The van der Waals surface area contributed by atoms with Crippen LogP contribution in [0.15, 0.2) is 0 Å². The summed E-state index contributed by atoms with van der Waals surface area (Å²) in [4.78, 5) is 2.60. The zero-order valence-electron chi connectivity index (χ0n) is 14.4. The summed E-state index contributed by atoms with van der Waals surface area (Å²) < 4.78 is 6.31. The molecule has 3 N–H and O–H groups in total. The predicted molar refractivity (Wildman–Crippen MR) is 85.8 cm³/mol. The van der Waals surface area contributed by atoms with E-state index in [1.807, 2.05) is 0 Å². The van der Waals surface area contributed by atoms with E-state index >= 15 is 0 Å². The first-order valence-electron chi connectivity index (χ1n) is 8.62. The fraction of sp³-hybridized carbons (Fsp3) is 1.00. The van der Waals surface area contributed by atoms with E-state index in [4.69, 9.17) is 10.6 Å². The summed E-state index contributed by atoms with van der Waals surface area (Å²) in [5, 5.41) is 0. The summed E-state index contributed by atoms with van der Waals surface area (Å²) in [5.41, 5.74) is 3.06. The van der Waals surface area contributed by atoms with Crippen LogP contribution in [0.25, 0.3) is 0 Å². The Kier molecular flexibility index (Phi) is 3.89. The summed E-state index contributed by atoms with van der Waals surface area (Å²) in [7, 11) is 2.30. The van der Waals surface area contributed by atoms with Gasteiger partial charge in [-0.2, -0.15) is 0 Å². The quantitative estimate of drug-likeness (QED) is 0.619. The predicted octanol–water partition coefficient (Wildman–Crippen LogP) is 2.28. The summed E-state index contributed by atoms with van der Waals surface area (Å²) in [6, 6.07) is 1.91. The number of nitrogens with one attached hydrogen (secondary N) is 1. The van der Waals surface area contributed by atoms with Crippen molar-refractivity contribution < 1.29 is 4.74 Å². The maximum atomic E-state index is 6.31. The van der Waals surface area contributed by atoms with Crippen molar-refractivity contribution in [1.29, 1.82) is 0 Å². The number of nitrogens with two attached hydrogens (primary N) is 1. The van der Waals surface area contributed by atoms with Crippen LogP contribution in [0.3, 0.4) is 0 Å². The highest BCUT2D eigenvalue weighted by Crippen LogP contribution is 2.48. The maximum absolute atomic E-state index is 6.31. The van der Waals surface area contributed by atoms with Crippen molar-refractivity contribution >= 4 is 0 Å². The van der Waals surface area contributed by atoms with E-state index in [1.165, 1.54) is 25.7 Å². The number of hydrazine groups is 1. The number of fused-ring (bicyclic) bond motifs is 2. The molecule has 3 fully saturated rings. The average Bonchev–Trinajstić information content (AvgIpc) is 2.70. The molecule has 3 saturated heterocycles. The Hall–Kier alpha value is -0.160. The van der Waals surface area contributed by atoms with E-state index in [9.17, 15) is 0 Å². The van der Waals surface area contributed by atoms with Crippen LogP contribution >= 0.6 is 0 Å². The molecule has 0 radical (unpaired) electrons. The third-order valence-corrected chi connectivity index (χ3v) is 6.41. The highest BCUT2D eigenvalue weighted by molar-refractivity contribution is 5.04. The zero-order valence-corrected chi connectivity index (χ0v) is 14.4. The number of ether oxygens (including phenoxy) is 1. The Labute approximate surface area is 129 Å². The van der Waals surface area contributed by atoms with Gasteiger partial charge < -0.3 is 9.64 Å². The molecule has 3 rings (SSSR count). The monoisotopic (exact) mass is 295 g/mol. The Morgan fingerprint density at radius 3 is 2.14 bits per heavy atom. The molecule has 0 spiro atoms. The largest absolute Gasteiger partial charge is 0.369 e. The van der Waals surface area contributed by atoms with E-state index in [0.29, 0.717) is 17.9 Å². The molecule has 122 valence electrons. The van der Waals surface area contributed by atoms with Crippen molar-refractivity contribution in [2.75, 3.05) is 7.05 Å². The standard InChI is InChI=1S/C17H33N3O/c1-16(2)10-14(17(3,4)21-16)15(19-18)11-8-12-6-7-13(9-11)20(12)5/h11-15,19H,6-10,18H2,1-5H3. The Morgan fingerprint density at radius 2 is 1.71 bits per heavy atom. The van der Waals surface area contributed by atoms with Crippen molar-refractivity contribution in [2.45, 2.75) is 89.1 Å². The van der Waals surface area contributed by atoms with Gasteiger partial charge >= 0.3 is 0 Å². The fourth-order valence-electron chi connectivity index (χ4n) is 5.49. The van der Waals surface area contributed by atoms with Gasteiger partial charge in [-0.1, -0.05) is 0 Å². The van der Waals surface area contributed by atoms with Gasteiger partial charge in [0, 0.05) is 24.0 Å². The molecular formula is C17H33N3O. The van der Waals surface area contributed by atoms with Crippen LogP contribution in [-0.2, 0) is 4.74 Å². The molecule has 3 heterocycles. The molecule has 2 bridgehead atoms. The molecule has 0 aromatic rings. The molecule has 0 saturated carbocycles. The fourth-order valence-corrected chi connectivity index (χ4v) is 5.49. The zero-order chi connectivity index (χ0) is 15.4. The molecule has 3 aliphatic rings. The van der Waals surface area contributed by atoms with Gasteiger partial charge in [0.05, 0.1) is 11.2 Å². The molecule has 3 aliphatic heterocycles. The van der Waals surface area contributed by atoms with Gasteiger partial charge in [-0.15, -0.1) is 0 Å². The number of nitrogens with zero attached hydrogens (tertiary/aromatic N) is 1. The maximum Gasteiger partial charge on any atom is 0.0678 e. The van der Waals surface area contributed by atoms with Crippen LogP contribution in [0.2, 0.25) is 0 Å². The second-order valence-corrected chi connectivity index (χ2v) is 8.75. The second kappa shape index (κ2) is 5.19. The number of hydrogen-bond acceptors (Lipinski definition) is 4. The van der Waals surface area contributed by atoms with Crippen LogP contribution in [0.1, 0.15) is 59.8 Å². The minimum atomic E-state index is -0.0943. The van der Waals surface area contributed by atoms with E-state index in [2.05, 4.69) is 45.1 Å². The lowest BCUT2D eigenvalue weighted by Crippen LogP contribution is -2.55. The van der Waals surface area contributed by atoms with E-state index in [-0.39, 0.29) is 11.2 Å². The minimum absolute atomic E-state index is 0.0340. The Bertz CT molecular complexity index is 381. The molecule has 0 amide bonds. The van der Waals surface area contributed by atoms with Gasteiger partial charge in [-0.3, -0.25) is 11.3 Å². The SMILES string of the molecule is CN1C2CCC1CC(C(NN)C1CC(C)(C)OC1(C)C)C2. The molecular weight excluding hydrogens is 262 g/mol. The van der Waals surface area contributed by atoms with Crippen LogP contribution in [0.4, 0.5) is 0 Å². The van der Waals surface area contributed by atoms with E-state index in [1.54, 1.807) is 0 Å². The molecule has 4 atom stereocenters. The summed E-state index contributed by atoms with van der Waals surface area (Å²) >= 11 is 0. The van der Waals surface area contributed by atoms with Gasteiger partial charge in [-0.25, -0.2) is 0 Å². The highest BCUT2D eigenvalue weighted by atomic mass is 16.5. The Balaban J connectivity index is 1.77. The van der Waals surface area contributed by atoms with Crippen molar-refractivity contribution in [3.8, 4) is 0 Å². The second-order valence-electron chi connectivity index (χ2n) is 8.75. The third-order valence-electron chi connectivity index (χ3n) is 6.41. The lowest BCUT2D eigenvalue weighted by atomic mass is 9.73. The van der Waals surface area contributed by atoms with Gasteiger partial charge in [-0.05, 0) is 72.8 Å². The molecule has 0 aromatic carbocycles. The topological polar surface area (TPSA) is 50.5 Å². The molecule has 4 unspecified atom stereocenters. The molecule has 4 heteroatoms. The molecule has 21 heavy (non-hydrogen) atoms. The number of piperidine rings is 1. The van der Waals surface area contributed by atoms with Gasteiger partial charge in [0.2, 0.25) is 0 Å². The normalized spacial score (nSPS) is 43.1. The van der Waals surface area contributed by atoms with E-state index < -0.39 is 0 Å². The summed E-state index contributed by atoms with van der Waals surface area (Å²) in [5.74, 6) is 7.20. The van der Waals surface area contributed by atoms with Crippen LogP contribution in [-0.4, -0.2) is 41.3 Å². The van der Waals surface area contributed by atoms with Crippen LogP contribution in [0.5, 0.6) is 0 Å². The third kappa shape index (κ3) is 2.76. The minimum Gasteiger partial charge on any atom is -0.369 e. The first-order valence-corrected chi connectivity index (χ1v) is 8.62. The summed E-state index contributed by atoms with van der Waals surface area (Å²) in [6.45, 7) is 8.89. The van der Waals surface area contributed by atoms with Crippen LogP contribution < -0.4 is 11.3 Å². The van der Waals surface area contributed by atoms with Crippen molar-refractivity contribution in [2.24, 2.45) is 17.7 Å². The van der Waals surface area contributed by atoms with Crippen LogP contribution in [0, 0.1) is 11.8 Å². The van der Waals surface area contributed by atoms with Gasteiger partial charge in [0.1, 0.15) is 0 Å². The first-order chi connectivity index (χ1) is 9.73. The van der Waals surface area contributed by atoms with Gasteiger partial charge in [0.25, 0.3) is 0 Å². The summed E-state index contributed by atoms with van der Waals surface area (Å²) in [6.07, 6.45) is 6.40. The van der Waals surface area contributed by atoms with Crippen molar-refractivity contribution in [3.05, 3.63) is 0 Å². The Morgan fingerprint density at radius 1 is 1.14 bits per heavy atom. The highest BCUT2D eigenvalue weighted by Gasteiger charge is 2.52. The van der Waals surface area contributed by atoms with Crippen molar-refractivity contribution in [1.82, 2.24) is 10.3 Å². The average molecular weight is 295 g/mol. The number of rotatable bonds is 3. The molecule has 4 nitrogen and oxygen atoms in total. The lowest BCUT2D eigenvalue weighted by molar-refractivity contribution is -0.0812. The van der Waals surface area contributed by atoms with Gasteiger partial charge in [0.15, 0.2) is 0 Å². The molecule has 0 aromatic heterocycles. The lowest BCUT2D eigenvalue weighted by Gasteiger charge is -2.43. The number of hydrogen-bond donors (Lipinski definition) is 2. The smallest absolute Gasteiger partial charge is 0.0678 e. The van der Waals surface area contributed by atoms with Crippen molar-refractivity contribution in [3.63, 3.8) is 0 Å². The first kappa shape index (κ1) is 15.7. The molecule has 0 aliphatic carbocycles. The van der Waals surface area contributed by atoms with E-state index in [0.717, 1.165) is 18.5 Å².